The Hall–Kier alpha value is -3.15. The molecular weight excluding hydrogens is 757 g/mol. The maximum Gasteiger partial charge on any atom is 0.306 e. The van der Waals surface area contributed by atoms with E-state index in [1.807, 2.05) is 0 Å². The van der Waals surface area contributed by atoms with Gasteiger partial charge in [-0.2, -0.15) is 0 Å². The van der Waals surface area contributed by atoms with E-state index in [4.69, 9.17) is 14.2 Å². The Kier molecular flexibility index (Phi) is 46.9. The van der Waals surface area contributed by atoms with E-state index >= 15 is 0 Å². The molecule has 0 saturated heterocycles. The second kappa shape index (κ2) is 49.5. The molecule has 0 radical (unpaired) electrons. The molecule has 0 aromatic rings. The van der Waals surface area contributed by atoms with Crippen LogP contribution >= 0.6 is 0 Å². The summed E-state index contributed by atoms with van der Waals surface area (Å²) in [7, 11) is 0. The predicted octanol–water partition coefficient (Wildman–Crippen LogP) is 16.6. The van der Waals surface area contributed by atoms with E-state index in [0.717, 1.165) is 83.5 Å². The van der Waals surface area contributed by atoms with Gasteiger partial charge in [-0.25, -0.2) is 0 Å². The second-order valence-electron chi connectivity index (χ2n) is 16.7. The third-order valence-corrected chi connectivity index (χ3v) is 10.7. The van der Waals surface area contributed by atoms with Gasteiger partial charge in [-0.15, -0.1) is 0 Å². The summed E-state index contributed by atoms with van der Waals surface area (Å²) in [6.07, 6.45) is 61.8. The van der Waals surface area contributed by atoms with Crippen molar-refractivity contribution in [3.05, 3.63) is 72.9 Å². The first kappa shape index (κ1) is 57.9. The molecule has 1 atom stereocenters. The first-order valence-electron chi connectivity index (χ1n) is 25.4. The SMILES string of the molecule is CC/C=C\C/C=C\C/C=C\C/C=C\CCCCC(=O)OC(COC(=O)CCCCCCCCCCC)COC(=O)CCCCCCCCCCC/C=C\C/C=C\CCCCC. The minimum atomic E-state index is -0.795. The van der Waals surface area contributed by atoms with Crippen molar-refractivity contribution in [1.82, 2.24) is 0 Å². The Labute approximate surface area is 376 Å². The van der Waals surface area contributed by atoms with Gasteiger partial charge >= 0.3 is 17.9 Å². The lowest BCUT2D eigenvalue weighted by molar-refractivity contribution is -0.167. The number of rotatable bonds is 45. The smallest absolute Gasteiger partial charge is 0.306 e. The molecule has 0 amide bonds. The van der Waals surface area contributed by atoms with Gasteiger partial charge in [0.05, 0.1) is 0 Å². The number of hydrogen-bond donors (Lipinski definition) is 0. The zero-order chi connectivity index (χ0) is 44.4. The molecule has 1 unspecified atom stereocenters. The lowest BCUT2D eigenvalue weighted by Crippen LogP contribution is -2.30. The fourth-order valence-corrected chi connectivity index (χ4v) is 6.87. The lowest BCUT2D eigenvalue weighted by atomic mass is 10.1. The highest BCUT2D eigenvalue weighted by atomic mass is 16.6. The van der Waals surface area contributed by atoms with E-state index in [1.54, 1.807) is 0 Å². The molecule has 0 aliphatic carbocycles. The van der Waals surface area contributed by atoms with Gasteiger partial charge < -0.3 is 14.2 Å². The fraction of sp³-hybridized carbons (Fsp3) is 0.727. The van der Waals surface area contributed by atoms with E-state index < -0.39 is 6.10 Å². The van der Waals surface area contributed by atoms with Crippen molar-refractivity contribution >= 4 is 17.9 Å². The van der Waals surface area contributed by atoms with Crippen LogP contribution in [0.4, 0.5) is 0 Å². The molecule has 0 aliphatic heterocycles. The van der Waals surface area contributed by atoms with Gasteiger partial charge in [-0.1, -0.05) is 203 Å². The number of carbonyl (C=O) groups is 3. The topological polar surface area (TPSA) is 78.9 Å². The average Bonchev–Trinajstić information content (AvgIpc) is 3.26. The Morgan fingerprint density at radius 1 is 0.344 bits per heavy atom. The third-order valence-electron chi connectivity index (χ3n) is 10.7. The molecule has 350 valence electrons. The zero-order valence-corrected chi connectivity index (χ0v) is 39.9. The summed E-state index contributed by atoms with van der Waals surface area (Å²) >= 11 is 0. The Morgan fingerprint density at radius 3 is 1.07 bits per heavy atom. The molecule has 6 nitrogen and oxygen atoms in total. The number of allylic oxidation sites excluding steroid dienone is 12. The molecule has 0 rings (SSSR count). The number of ether oxygens (including phenoxy) is 3. The quantitative estimate of drug-likeness (QED) is 0.0263. The first-order chi connectivity index (χ1) is 30.0. The van der Waals surface area contributed by atoms with Crippen LogP contribution in [0.2, 0.25) is 0 Å². The van der Waals surface area contributed by atoms with Crippen molar-refractivity contribution in [3.8, 4) is 0 Å². The highest BCUT2D eigenvalue weighted by molar-refractivity contribution is 5.71. The Balaban J connectivity index is 4.37. The van der Waals surface area contributed by atoms with Crippen molar-refractivity contribution in [2.45, 2.75) is 245 Å². The van der Waals surface area contributed by atoms with Crippen LogP contribution in [0, 0.1) is 0 Å². The molecule has 0 aromatic heterocycles. The minimum Gasteiger partial charge on any atom is -0.462 e. The van der Waals surface area contributed by atoms with E-state index in [9.17, 15) is 14.4 Å². The van der Waals surface area contributed by atoms with Gasteiger partial charge in [0.2, 0.25) is 0 Å². The predicted molar refractivity (Wildman–Crippen MR) is 261 cm³/mol. The number of carbonyl (C=O) groups excluding carboxylic acids is 3. The van der Waals surface area contributed by atoms with Gasteiger partial charge in [-0.05, 0) is 89.9 Å². The molecule has 0 N–H and O–H groups in total. The average molecular weight is 851 g/mol. The van der Waals surface area contributed by atoms with E-state index in [0.29, 0.717) is 19.3 Å². The molecule has 0 fully saturated rings. The molecule has 61 heavy (non-hydrogen) atoms. The van der Waals surface area contributed by atoms with E-state index in [1.165, 1.54) is 109 Å². The van der Waals surface area contributed by atoms with E-state index in [-0.39, 0.29) is 37.5 Å². The van der Waals surface area contributed by atoms with Gasteiger partial charge in [0.15, 0.2) is 6.10 Å². The van der Waals surface area contributed by atoms with Crippen LogP contribution in [0.3, 0.4) is 0 Å². The number of hydrogen-bond acceptors (Lipinski definition) is 6. The molecule has 6 heteroatoms. The van der Waals surface area contributed by atoms with Crippen molar-refractivity contribution in [2.24, 2.45) is 0 Å². The van der Waals surface area contributed by atoms with Crippen LogP contribution in [-0.2, 0) is 28.6 Å². The van der Waals surface area contributed by atoms with Crippen LogP contribution in [-0.4, -0.2) is 37.2 Å². The van der Waals surface area contributed by atoms with Gasteiger partial charge in [0, 0.05) is 19.3 Å². The highest BCUT2D eigenvalue weighted by Crippen LogP contribution is 2.14. The summed E-state index contributed by atoms with van der Waals surface area (Å²) in [5.41, 5.74) is 0. The van der Waals surface area contributed by atoms with Crippen LogP contribution in [0.25, 0.3) is 0 Å². The van der Waals surface area contributed by atoms with Crippen LogP contribution in [0.15, 0.2) is 72.9 Å². The zero-order valence-electron chi connectivity index (χ0n) is 39.9. The van der Waals surface area contributed by atoms with Crippen LogP contribution in [0.1, 0.15) is 239 Å². The standard InChI is InChI=1S/C55H94O6/c1-4-7-10-13-16-19-21-23-25-26-27-28-30-31-33-36-39-42-45-48-54(57)60-51-52(50-59-53(56)47-44-41-38-35-18-15-12-9-6-3)61-55(58)49-46-43-40-37-34-32-29-24-22-20-17-14-11-8-5-2/h8,11,16-17,19-20,23-25,29,34,37,52H,4-7,9-10,12-15,18,21-22,26-28,30-33,35-36,38-51H2,1-3H3/b11-8-,19-16-,20-17-,25-23-,29-24-,37-34-. The van der Waals surface area contributed by atoms with Crippen molar-refractivity contribution < 1.29 is 28.6 Å². The highest BCUT2D eigenvalue weighted by Gasteiger charge is 2.19. The van der Waals surface area contributed by atoms with Gasteiger partial charge in [-0.3, -0.25) is 14.4 Å². The summed E-state index contributed by atoms with van der Waals surface area (Å²) in [4.78, 5) is 37.9. The maximum atomic E-state index is 12.7. The van der Waals surface area contributed by atoms with Gasteiger partial charge in [0.25, 0.3) is 0 Å². The molecule has 0 aromatic carbocycles. The Bertz CT molecular complexity index is 1160. The number of unbranched alkanes of at least 4 members (excludes halogenated alkanes) is 22. The van der Waals surface area contributed by atoms with Crippen molar-refractivity contribution in [2.75, 3.05) is 13.2 Å². The summed E-state index contributed by atoms with van der Waals surface area (Å²) in [5, 5.41) is 0. The summed E-state index contributed by atoms with van der Waals surface area (Å²) in [6, 6.07) is 0. The van der Waals surface area contributed by atoms with E-state index in [2.05, 4.69) is 93.7 Å². The lowest BCUT2D eigenvalue weighted by Gasteiger charge is -2.18. The molecular formula is C55H94O6. The van der Waals surface area contributed by atoms with Crippen LogP contribution in [0.5, 0.6) is 0 Å². The van der Waals surface area contributed by atoms with Crippen LogP contribution < -0.4 is 0 Å². The second-order valence-corrected chi connectivity index (χ2v) is 16.7. The normalized spacial score (nSPS) is 12.6. The summed E-state index contributed by atoms with van der Waals surface area (Å²) in [6.45, 7) is 6.44. The molecule has 0 spiro atoms. The molecule has 0 saturated carbocycles. The van der Waals surface area contributed by atoms with Crippen molar-refractivity contribution in [1.29, 1.82) is 0 Å². The first-order valence-corrected chi connectivity index (χ1v) is 25.4. The maximum absolute atomic E-state index is 12.7. The van der Waals surface area contributed by atoms with Crippen molar-refractivity contribution in [3.63, 3.8) is 0 Å². The molecule has 0 heterocycles. The summed E-state index contributed by atoms with van der Waals surface area (Å²) in [5.74, 6) is -0.941. The monoisotopic (exact) mass is 851 g/mol. The third kappa shape index (κ3) is 47.7. The molecule has 0 aliphatic rings. The summed E-state index contributed by atoms with van der Waals surface area (Å²) < 4.78 is 16.7. The number of esters is 3. The largest absolute Gasteiger partial charge is 0.462 e. The van der Waals surface area contributed by atoms with Gasteiger partial charge in [0.1, 0.15) is 13.2 Å². The minimum absolute atomic E-state index is 0.0925. The Morgan fingerprint density at radius 2 is 0.639 bits per heavy atom. The fourth-order valence-electron chi connectivity index (χ4n) is 6.87. The molecule has 0 bridgehead atoms.